The Morgan fingerprint density at radius 2 is 2.31 bits per heavy atom. The summed E-state index contributed by atoms with van der Waals surface area (Å²) in [4.78, 5) is 0. The molecule has 0 amide bonds. The van der Waals surface area contributed by atoms with Gasteiger partial charge in [0.15, 0.2) is 0 Å². The van der Waals surface area contributed by atoms with Gasteiger partial charge in [-0.1, -0.05) is 18.7 Å². The van der Waals surface area contributed by atoms with E-state index in [1.807, 2.05) is 4.68 Å². The van der Waals surface area contributed by atoms with E-state index in [0.717, 1.165) is 23.2 Å². The van der Waals surface area contributed by atoms with Crippen molar-refractivity contribution >= 4 is 23.4 Å². The van der Waals surface area contributed by atoms with Gasteiger partial charge in [0, 0.05) is 11.6 Å². The minimum absolute atomic E-state index is 0.567. The highest BCUT2D eigenvalue weighted by Crippen LogP contribution is 2.36. The Bertz CT molecular complexity index is 326. The Hall–Kier alpha value is -0.290. The number of aromatic nitrogens is 4. The van der Waals surface area contributed by atoms with Crippen molar-refractivity contribution in [3.05, 3.63) is 0 Å². The summed E-state index contributed by atoms with van der Waals surface area (Å²) in [6, 6.07) is 0.567. The van der Waals surface area contributed by atoms with Crippen LogP contribution < -0.4 is 0 Å². The van der Waals surface area contributed by atoms with Crippen molar-refractivity contribution in [2.45, 2.75) is 43.8 Å². The summed E-state index contributed by atoms with van der Waals surface area (Å²) in [7, 11) is 0. The van der Waals surface area contributed by atoms with Crippen molar-refractivity contribution in [2.75, 3.05) is 11.6 Å². The third-order valence-corrected chi connectivity index (χ3v) is 3.98. The van der Waals surface area contributed by atoms with Crippen LogP contribution in [0.25, 0.3) is 0 Å². The molecule has 0 N–H and O–H groups in total. The largest absolute Gasteiger partial charge is 0.217 e. The van der Waals surface area contributed by atoms with Crippen LogP contribution in [0.5, 0.6) is 0 Å². The second-order valence-electron chi connectivity index (χ2n) is 4.36. The standard InChI is InChI=1S/C10H17ClN4S/c1-8(4-6-11)5-7-16-10-12-13-14-15(10)9-2-3-9/h8-9H,2-7H2,1H3. The number of rotatable bonds is 7. The van der Waals surface area contributed by atoms with Crippen LogP contribution in [-0.2, 0) is 0 Å². The first-order valence-corrected chi connectivity index (χ1v) is 7.30. The van der Waals surface area contributed by atoms with Crippen LogP contribution >= 0.6 is 23.4 Å². The summed E-state index contributed by atoms with van der Waals surface area (Å²) in [5, 5.41) is 12.8. The molecule has 16 heavy (non-hydrogen) atoms. The molecule has 2 rings (SSSR count). The second-order valence-corrected chi connectivity index (χ2v) is 5.80. The van der Waals surface area contributed by atoms with Crippen molar-refractivity contribution in [1.82, 2.24) is 20.2 Å². The van der Waals surface area contributed by atoms with E-state index in [1.165, 1.54) is 19.3 Å². The molecule has 1 aliphatic carbocycles. The van der Waals surface area contributed by atoms with Gasteiger partial charge >= 0.3 is 0 Å². The Morgan fingerprint density at radius 1 is 1.50 bits per heavy atom. The van der Waals surface area contributed by atoms with E-state index in [2.05, 4.69) is 22.4 Å². The molecule has 1 saturated carbocycles. The average Bonchev–Trinajstić information content (AvgIpc) is 3.00. The van der Waals surface area contributed by atoms with E-state index >= 15 is 0 Å². The predicted molar refractivity (Wildman–Crippen MR) is 65.9 cm³/mol. The highest BCUT2D eigenvalue weighted by Gasteiger charge is 2.27. The molecule has 1 aromatic rings. The first-order chi connectivity index (χ1) is 7.81. The monoisotopic (exact) mass is 260 g/mol. The molecule has 1 aromatic heterocycles. The fourth-order valence-corrected chi connectivity index (χ4v) is 3.00. The first kappa shape index (κ1) is 12.2. The van der Waals surface area contributed by atoms with E-state index in [9.17, 15) is 0 Å². The Balaban J connectivity index is 1.74. The maximum Gasteiger partial charge on any atom is 0.209 e. The quantitative estimate of drug-likeness (QED) is 0.559. The molecule has 0 radical (unpaired) electrons. The highest BCUT2D eigenvalue weighted by atomic mass is 35.5. The number of hydrogen-bond acceptors (Lipinski definition) is 4. The van der Waals surface area contributed by atoms with Crippen LogP contribution in [0.1, 0.15) is 38.6 Å². The Labute approximate surface area is 105 Å². The molecule has 6 heteroatoms. The Kier molecular flexibility index (Phi) is 4.46. The molecule has 0 aliphatic heterocycles. The van der Waals surface area contributed by atoms with Gasteiger partial charge in [0.05, 0.1) is 6.04 Å². The van der Waals surface area contributed by atoms with Gasteiger partial charge in [-0.25, -0.2) is 4.68 Å². The summed E-state index contributed by atoms with van der Waals surface area (Å²) in [6.07, 6.45) is 4.72. The van der Waals surface area contributed by atoms with Gasteiger partial charge in [0.25, 0.3) is 0 Å². The topological polar surface area (TPSA) is 43.6 Å². The minimum Gasteiger partial charge on any atom is -0.217 e. The van der Waals surface area contributed by atoms with Crippen LogP contribution in [0, 0.1) is 5.92 Å². The molecule has 1 aliphatic rings. The van der Waals surface area contributed by atoms with Gasteiger partial charge in [-0.05, 0) is 42.0 Å². The molecule has 90 valence electrons. The number of nitrogens with zero attached hydrogens (tertiary/aromatic N) is 4. The lowest BCUT2D eigenvalue weighted by Crippen LogP contribution is -2.01. The number of tetrazole rings is 1. The van der Waals surface area contributed by atoms with Crippen LogP contribution in [0.4, 0.5) is 0 Å². The molecule has 1 fully saturated rings. The fourth-order valence-electron chi connectivity index (χ4n) is 1.51. The maximum atomic E-state index is 5.71. The molecule has 0 spiro atoms. The summed E-state index contributed by atoms with van der Waals surface area (Å²) in [5.41, 5.74) is 0. The Morgan fingerprint density at radius 3 is 3.00 bits per heavy atom. The zero-order valence-electron chi connectivity index (χ0n) is 9.47. The lowest BCUT2D eigenvalue weighted by Gasteiger charge is -2.08. The van der Waals surface area contributed by atoms with Crippen LogP contribution in [0.15, 0.2) is 5.16 Å². The van der Waals surface area contributed by atoms with Gasteiger partial charge in [-0.15, -0.1) is 16.7 Å². The fraction of sp³-hybridized carbons (Fsp3) is 0.900. The molecule has 1 atom stereocenters. The molecule has 1 heterocycles. The third-order valence-electron chi connectivity index (χ3n) is 2.80. The molecule has 1 unspecified atom stereocenters. The zero-order valence-corrected chi connectivity index (χ0v) is 11.0. The first-order valence-electron chi connectivity index (χ1n) is 5.78. The summed E-state index contributed by atoms with van der Waals surface area (Å²) in [5.74, 6) is 2.52. The predicted octanol–water partition coefficient (Wildman–Crippen LogP) is 2.76. The van der Waals surface area contributed by atoms with Crippen molar-refractivity contribution in [3.63, 3.8) is 0 Å². The maximum absolute atomic E-state index is 5.71. The van der Waals surface area contributed by atoms with E-state index in [4.69, 9.17) is 11.6 Å². The number of alkyl halides is 1. The van der Waals surface area contributed by atoms with Gasteiger partial charge < -0.3 is 0 Å². The molecular weight excluding hydrogens is 244 g/mol. The third kappa shape index (κ3) is 3.35. The summed E-state index contributed by atoms with van der Waals surface area (Å²) >= 11 is 7.47. The molecule has 4 nitrogen and oxygen atoms in total. The van der Waals surface area contributed by atoms with Gasteiger partial charge in [-0.2, -0.15) is 0 Å². The van der Waals surface area contributed by atoms with Gasteiger partial charge in [-0.3, -0.25) is 0 Å². The van der Waals surface area contributed by atoms with E-state index < -0.39 is 0 Å². The van der Waals surface area contributed by atoms with Gasteiger partial charge in [0.1, 0.15) is 0 Å². The molecule has 0 bridgehead atoms. The molecule has 0 saturated heterocycles. The molecular formula is C10H17ClN4S. The van der Waals surface area contributed by atoms with Crippen LogP contribution in [0.3, 0.4) is 0 Å². The number of halogens is 1. The van der Waals surface area contributed by atoms with Gasteiger partial charge in [0.2, 0.25) is 5.16 Å². The lowest BCUT2D eigenvalue weighted by molar-refractivity contribution is 0.547. The second kappa shape index (κ2) is 5.87. The number of thioether (sulfide) groups is 1. The van der Waals surface area contributed by atoms with E-state index in [0.29, 0.717) is 12.0 Å². The number of hydrogen-bond donors (Lipinski definition) is 0. The summed E-state index contributed by atoms with van der Waals surface area (Å²) < 4.78 is 1.97. The van der Waals surface area contributed by atoms with Crippen LogP contribution in [0.2, 0.25) is 0 Å². The highest BCUT2D eigenvalue weighted by molar-refractivity contribution is 7.99. The van der Waals surface area contributed by atoms with E-state index in [-0.39, 0.29) is 0 Å². The SMILES string of the molecule is CC(CCCl)CCSc1nnnn1C1CC1. The van der Waals surface area contributed by atoms with Crippen molar-refractivity contribution < 1.29 is 0 Å². The van der Waals surface area contributed by atoms with Crippen molar-refractivity contribution in [3.8, 4) is 0 Å². The summed E-state index contributed by atoms with van der Waals surface area (Å²) in [6.45, 7) is 2.24. The smallest absolute Gasteiger partial charge is 0.209 e. The van der Waals surface area contributed by atoms with E-state index in [1.54, 1.807) is 11.8 Å². The zero-order chi connectivity index (χ0) is 11.4. The lowest BCUT2D eigenvalue weighted by atomic mass is 10.1. The van der Waals surface area contributed by atoms with Crippen molar-refractivity contribution in [1.29, 1.82) is 0 Å². The molecule has 0 aromatic carbocycles. The average molecular weight is 261 g/mol. The minimum atomic E-state index is 0.567. The van der Waals surface area contributed by atoms with Crippen LogP contribution in [-0.4, -0.2) is 31.8 Å². The normalized spacial score (nSPS) is 17.6. The van der Waals surface area contributed by atoms with Crippen molar-refractivity contribution in [2.24, 2.45) is 5.92 Å².